The molecular formula is C20H18ClN3O5. The lowest BCUT2D eigenvalue weighted by Gasteiger charge is -2.25. The van der Waals surface area contributed by atoms with Crippen molar-refractivity contribution in [2.75, 3.05) is 11.9 Å². The summed E-state index contributed by atoms with van der Waals surface area (Å²) in [4.78, 5) is 41.4. The normalized spacial score (nSPS) is 16.6. The van der Waals surface area contributed by atoms with Crippen molar-refractivity contribution in [3.8, 4) is 5.75 Å². The topological polar surface area (TPSA) is 113 Å². The first-order valence-corrected chi connectivity index (χ1v) is 9.41. The molecule has 0 fully saturated rings. The standard InChI is InChI=1S/C20H18ClN3O5/c1-10(18(25)22-14-3-4-15-16(8-14)24-20(27)23-15)29-19(26)12-6-11-7-13(21)2-5-17(11)28-9-12/h2-5,7-8,10,12H,6,9H2,1H3,(H,22,25)(H2,23,24,27)/t10-,12+/m0/s1. The monoisotopic (exact) mass is 415 g/mol. The average Bonchev–Trinajstić information content (AvgIpc) is 3.06. The van der Waals surface area contributed by atoms with Crippen LogP contribution in [0, 0.1) is 5.92 Å². The second-order valence-corrected chi connectivity index (χ2v) is 7.31. The van der Waals surface area contributed by atoms with Gasteiger partial charge in [-0.15, -0.1) is 0 Å². The lowest BCUT2D eigenvalue weighted by molar-refractivity contribution is -0.158. The number of anilines is 1. The van der Waals surface area contributed by atoms with Crippen LogP contribution in [0.4, 0.5) is 5.69 Å². The minimum Gasteiger partial charge on any atom is -0.492 e. The first kappa shape index (κ1) is 19.1. The summed E-state index contributed by atoms with van der Waals surface area (Å²) in [7, 11) is 0. The van der Waals surface area contributed by atoms with Crippen LogP contribution >= 0.6 is 11.6 Å². The molecule has 29 heavy (non-hydrogen) atoms. The summed E-state index contributed by atoms with van der Waals surface area (Å²) in [6.07, 6.45) is -0.565. The van der Waals surface area contributed by atoms with Gasteiger partial charge in [-0.1, -0.05) is 11.6 Å². The van der Waals surface area contributed by atoms with E-state index in [0.29, 0.717) is 33.9 Å². The van der Waals surface area contributed by atoms with Crippen molar-refractivity contribution in [3.63, 3.8) is 0 Å². The maximum Gasteiger partial charge on any atom is 0.323 e. The van der Waals surface area contributed by atoms with E-state index in [9.17, 15) is 14.4 Å². The van der Waals surface area contributed by atoms with Gasteiger partial charge in [0.1, 0.15) is 12.4 Å². The Kier molecular flexibility index (Phi) is 5.02. The Morgan fingerprint density at radius 2 is 2.00 bits per heavy atom. The molecule has 4 rings (SSSR count). The Balaban J connectivity index is 1.37. The summed E-state index contributed by atoms with van der Waals surface area (Å²) >= 11 is 6.00. The molecule has 1 aliphatic heterocycles. The van der Waals surface area contributed by atoms with Crippen molar-refractivity contribution in [3.05, 3.63) is 57.5 Å². The zero-order chi connectivity index (χ0) is 20.5. The smallest absolute Gasteiger partial charge is 0.323 e. The summed E-state index contributed by atoms with van der Waals surface area (Å²) in [6.45, 7) is 1.68. The van der Waals surface area contributed by atoms with Crippen molar-refractivity contribution >= 4 is 40.2 Å². The summed E-state index contributed by atoms with van der Waals surface area (Å²) < 4.78 is 10.9. The van der Waals surface area contributed by atoms with E-state index in [1.54, 1.807) is 36.4 Å². The van der Waals surface area contributed by atoms with E-state index in [-0.39, 0.29) is 12.3 Å². The van der Waals surface area contributed by atoms with Gasteiger partial charge in [0, 0.05) is 10.7 Å². The molecule has 0 aliphatic carbocycles. The van der Waals surface area contributed by atoms with Crippen LogP contribution in [0.3, 0.4) is 0 Å². The van der Waals surface area contributed by atoms with E-state index in [1.807, 2.05) is 0 Å². The molecular weight excluding hydrogens is 398 g/mol. The van der Waals surface area contributed by atoms with E-state index in [2.05, 4.69) is 15.3 Å². The highest BCUT2D eigenvalue weighted by Crippen LogP contribution is 2.30. The van der Waals surface area contributed by atoms with Crippen LogP contribution in [0.5, 0.6) is 5.75 Å². The van der Waals surface area contributed by atoms with E-state index >= 15 is 0 Å². The van der Waals surface area contributed by atoms with Crippen LogP contribution in [0.2, 0.25) is 5.02 Å². The highest BCUT2D eigenvalue weighted by atomic mass is 35.5. The van der Waals surface area contributed by atoms with E-state index in [0.717, 1.165) is 5.56 Å². The van der Waals surface area contributed by atoms with E-state index < -0.39 is 23.9 Å². The quantitative estimate of drug-likeness (QED) is 0.567. The molecule has 2 aromatic carbocycles. The average molecular weight is 416 g/mol. The van der Waals surface area contributed by atoms with Gasteiger partial charge < -0.3 is 24.8 Å². The van der Waals surface area contributed by atoms with Crippen LogP contribution in [0.15, 0.2) is 41.2 Å². The summed E-state index contributed by atoms with van der Waals surface area (Å²) in [5, 5.41) is 3.24. The molecule has 1 amide bonds. The third-order valence-electron chi connectivity index (χ3n) is 4.71. The Morgan fingerprint density at radius 3 is 2.83 bits per heavy atom. The molecule has 3 N–H and O–H groups in total. The minimum atomic E-state index is -0.996. The van der Waals surface area contributed by atoms with E-state index in [1.165, 1.54) is 6.92 Å². The number of aromatic nitrogens is 2. The van der Waals surface area contributed by atoms with Gasteiger partial charge in [-0.05, 0) is 55.3 Å². The first-order valence-electron chi connectivity index (χ1n) is 9.03. The molecule has 0 saturated carbocycles. The van der Waals surface area contributed by atoms with Gasteiger partial charge >= 0.3 is 11.7 Å². The predicted octanol–water partition coefficient (Wildman–Crippen LogP) is 2.63. The van der Waals surface area contributed by atoms with Crippen molar-refractivity contribution in [2.45, 2.75) is 19.4 Å². The van der Waals surface area contributed by atoms with E-state index in [4.69, 9.17) is 21.1 Å². The zero-order valence-corrected chi connectivity index (χ0v) is 16.2. The number of halogens is 1. The molecule has 0 bridgehead atoms. The number of hydrogen-bond donors (Lipinski definition) is 3. The minimum absolute atomic E-state index is 0.180. The Morgan fingerprint density at radius 1 is 1.21 bits per heavy atom. The van der Waals surface area contributed by atoms with Crippen LogP contribution < -0.4 is 15.7 Å². The lowest BCUT2D eigenvalue weighted by atomic mass is 9.97. The number of carbonyl (C=O) groups is 2. The van der Waals surface area contributed by atoms with Crippen LogP contribution in [-0.4, -0.2) is 34.6 Å². The number of amides is 1. The number of ether oxygens (including phenoxy) is 2. The highest BCUT2D eigenvalue weighted by Gasteiger charge is 2.30. The molecule has 8 nitrogen and oxygen atoms in total. The molecule has 0 saturated heterocycles. The van der Waals surface area contributed by atoms with Gasteiger partial charge in [-0.3, -0.25) is 9.59 Å². The van der Waals surface area contributed by atoms with Gasteiger partial charge in [-0.25, -0.2) is 4.79 Å². The highest BCUT2D eigenvalue weighted by molar-refractivity contribution is 6.30. The Hall–Kier alpha value is -3.26. The summed E-state index contributed by atoms with van der Waals surface area (Å²) in [5.74, 6) is -0.806. The lowest BCUT2D eigenvalue weighted by Crippen LogP contribution is -2.36. The second-order valence-electron chi connectivity index (χ2n) is 6.87. The number of fused-ring (bicyclic) bond motifs is 2. The fourth-order valence-electron chi connectivity index (χ4n) is 3.19. The zero-order valence-electron chi connectivity index (χ0n) is 15.5. The number of rotatable bonds is 4. The molecule has 150 valence electrons. The van der Waals surface area contributed by atoms with Crippen molar-refractivity contribution in [1.29, 1.82) is 0 Å². The van der Waals surface area contributed by atoms with Crippen molar-refractivity contribution in [1.82, 2.24) is 9.97 Å². The molecule has 0 unspecified atom stereocenters. The molecule has 2 atom stereocenters. The summed E-state index contributed by atoms with van der Waals surface area (Å²) in [5.41, 5.74) is 2.17. The number of imidazole rings is 1. The van der Waals surface area contributed by atoms with Gasteiger partial charge in [-0.2, -0.15) is 0 Å². The number of carbonyl (C=O) groups excluding carboxylic acids is 2. The molecule has 0 spiro atoms. The predicted molar refractivity (Wildman–Crippen MR) is 107 cm³/mol. The fraction of sp³-hybridized carbons (Fsp3) is 0.250. The van der Waals surface area contributed by atoms with Gasteiger partial charge in [0.2, 0.25) is 0 Å². The maximum atomic E-state index is 12.5. The third kappa shape index (κ3) is 4.12. The number of aromatic amines is 2. The molecule has 1 aromatic heterocycles. The molecule has 3 aromatic rings. The van der Waals surface area contributed by atoms with Crippen molar-refractivity contribution in [2.24, 2.45) is 5.92 Å². The van der Waals surface area contributed by atoms with Crippen LogP contribution in [0.1, 0.15) is 12.5 Å². The molecule has 2 heterocycles. The number of esters is 1. The third-order valence-corrected chi connectivity index (χ3v) is 4.94. The summed E-state index contributed by atoms with van der Waals surface area (Å²) in [6, 6.07) is 10.2. The number of hydrogen-bond acceptors (Lipinski definition) is 5. The first-order chi connectivity index (χ1) is 13.9. The SMILES string of the molecule is C[C@H](OC(=O)[C@H]1COc2ccc(Cl)cc2C1)C(=O)Nc1ccc2[nH]c(=O)[nH]c2c1. The van der Waals surface area contributed by atoms with Gasteiger partial charge in [0.25, 0.3) is 5.91 Å². The number of H-pyrrole nitrogens is 2. The van der Waals surface area contributed by atoms with Crippen LogP contribution in [-0.2, 0) is 20.7 Å². The molecule has 9 heteroatoms. The Labute approximate surface area is 170 Å². The number of nitrogens with one attached hydrogen (secondary N) is 3. The fourth-order valence-corrected chi connectivity index (χ4v) is 3.39. The maximum absolute atomic E-state index is 12.5. The Bertz CT molecular complexity index is 1150. The van der Waals surface area contributed by atoms with Gasteiger partial charge in [0.15, 0.2) is 6.10 Å². The van der Waals surface area contributed by atoms with Crippen LogP contribution in [0.25, 0.3) is 11.0 Å². The second kappa shape index (κ2) is 7.63. The van der Waals surface area contributed by atoms with Gasteiger partial charge in [0.05, 0.1) is 17.0 Å². The number of benzene rings is 2. The molecule has 1 aliphatic rings. The molecule has 0 radical (unpaired) electrons. The van der Waals surface area contributed by atoms with Crippen molar-refractivity contribution < 1.29 is 19.1 Å². The largest absolute Gasteiger partial charge is 0.492 e.